The average molecular weight is 338 g/mol. The lowest BCUT2D eigenvalue weighted by molar-refractivity contribution is -0.115. The zero-order valence-corrected chi connectivity index (χ0v) is 14.2. The van der Waals surface area contributed by atoms with E-state index in [1.54, 1.807) is 0 Å². The van der Waals surface area contributed by atoms with E-state index in [0.717, 1.165) is 4.90 Å². The predicted octanol–water partition coefficient (Wildman–Crippen LogP) is 5.22. The van der Waals surface area contributed by atoms with Crippen molar-refractivity contribution in [3.05, 3.63) is 58.4 Å². The van der Waals surface area contributed by atoms with Gasteiger partial charge in [-0.25, -0.2) is 4.39 Å². The second-order valence-electron chi connectivity index (χ2n) is 5.12. The number of carbonyl (C=O) groups is 1. The molecule has 0 fully saturated rings. The molecule has 1 amide bonds. The molecule has 1 unspecified atom stereocenters. The van der Waals surface area contributed by atoms with Crippen LogP contribution in [0.15, 0.2) is 41.3 Å². The number of thioether (sulfide) groups is 1. The van der Waals surface area contributed by atoms with Crippen LogP contribution in [0.3, 0.4) is 0 Å². The summed E-state index contributed by atoms with van der Waals surface area (Å²) in [5.41, 5.74) is 2.83. The zero-order valence-electron chi connectivity index (χ0n) is 12.6. The lowest BCUT2D eigenvalue weighted by atomic mass is 10.1. The maximum absolute atomic E-state index is 13.0. The van der Waals surface area contributed by atoms with Gasteiger partial charge in [-0.3, -0.25) is 4.79 Å². The average Bonchev–Trinajstić information content (AvgIpc) is 2.45. The van der Waals surface area contributed by atoms with E-state index < -0.39 is 5.82 Å². The van der Waals surface area contributed by atoms with Gasteiger partial charge in [-0.2, -0.15) is 0 Å². The summed E-state index contributed by atoms with van der Waals surface area (Å²) in [6.45, 7) is 5.92. The van der Waals surface area contributed by atoms with Crippen LogP contribution in [0.25, 0.3) is 0 Å². The van der Waals surface area contributed by atoms with E-state index in [2.05, 4.69) is 18.3 Å². The molecule has 1 N–H and O–H groups in total. The molecule has 0 aliphatic rings. The SMILES string of the molecule is Cc1ccc(SC(C)C(=O)Nc2ccc(F)cc2Cl)cc1C. The standard InChI is InChI=1S/C17H17ClFNOS/c1-10-4-6-14(8-11(10)2)22-12(3)17(21)20-16-7-5-13(19)9-15(16)18/h4-9,12H,1-3H3,(H,20,21). The molecule has 2 aromatic rings. The Kier molecular flexibility index (Phi) is 5.48. The monoisotopic (exact) mass is 337 g/mol. The third-order valence-corrected chi connectivity index (χ3v) is 4.76. The van der Waals surface area contributed by atoms with Gasteiger partial charge in [0.1, 0.15) is 5.82 Å². The van der Waals surface area contributed by atoms with Crippen molar-refractivity contribution in [3.8, 4) is 0 Å². The molecule has 0 aliphatic carbocycles. The largest absolute Gasteiger partial charge is 0.324 e. The fourth-order valence-electron chi connectivity index (χ4n) is 1.87. The van der Waals surface area contributed by atoms with E-state index in [9.17, 15) is 9.18 Å². The minimum absolute atomic E-state index is 0.170. The van der Waals surface area contributed by atoms with Crippen molar-refractivity contribution in [1.82, 2.24) is 0 Å². The Morgan fingerprint density at radius 2 is 1.91 bits per heavy atom. The van der Waals surface area contributed by atoms with Crippen LogP contribution in [0.4, 0.5) is 10.1 Å². The van der Waals surface area contributed by atoms with Crippen LogP contribution in [0.1, 0.15) is 18.1 Å². The van der Waals surface area contributed by atoms with Crippen LogP contribution in [0, 0.1) is 19.7 Å². The molecule has 116 valence electrons. The van der Waals surface area contributed by atoms with Gasteiger partial charge in [0, 0.05) is 4.90 Å². The molecule has 22 heavy (non-hydrogen) atoms. The summed E-state index contributed by atoms with van der Waals surface area (Å²) in [6, 6.07) is 10.0. The van der Waals surface area contributed by atoms with Crippen molar-refractivity contribution >= 4 is 35.0 Å². The predicted molar refractivity (Wildman–Crippen MR) is 91.3 cm³/mol. The third-order valence-electron chi connectivity index (χ3n) is 3.35. The molecule has 2 aromatic carbocycles. The molecular formula is C17H17ClFNOS. The van der Waals surface area contributed by atoms with Gasteiger partial charge in [0.25, 0.3) is 0 Å². The van der Waals surface area contributed by atoms with Crippen molar-refractivity contribution in [2.24, 2.45) is 0 Å². The second-order valence-corrected chi connectivity index (χ2v) is 6.94. The van der Waals surface area contributed by atoms with E-state index >= 15 is 0 Å². The van der Waals surface area contributed by atoms with E-state index in [1.165, 1.54) is 41.1 Å². The van der Waals surface area contributed by atoms with Crippen LogP contribution in [0.5, 0.6) is 0 Å². The molecule has 0 bridgehead atoms. The summed E-state index contributed by atoms with van der Waals surface area (Å²) in [5.74, 6) is -0.600. The highest BCUT2D eigenvalue weighted by Crippen LogP contribution is 2.27. The summed E-state index contributed by atoms with van der Waals surface area (Å²) in [6.07, 6.45) is 0. The Labute approximate surface area is 139 Å². The van der Waals surface area contributed by atoms with Gasteiger partial charge in [-0.15, -0.1) is 11.8 Å². The number of carbonyl (C=O) groups excluding carboxylic acids is 1. The van der Waals surface area contributed by atoms with Gasteiger partial charge in [0.15, 0.2) is 0 Å². The third kappa shape index (κ3) is 4.24. The minimum Gasteiger partial charge on any atom is -0.324 e. The molecule has 2 rings (SSSR count). The number of halogens is 2. The summed E-state index contributed by atoms with van der Waals surface area (Å²) >= 11 is 7.39. The molecular weight excluding hydrogens is 321 g/mol. The Balaban J connectivity index is 2.04. The number of nitrogens with one attached hydrogen (secondary N) is 1. The van der Waals surface area contributed by atoms with Crippen molar-refractivity contribution in [3.63, 3.8) is 0 Å². The highest BCUT2D eigenvalue weighted by Gasteiger charge is 2.16. The smallest absolute Gasteiger partial charge is 0.237 e. The fourth-order valence-corrected chi connectivity index (χ4v) is 3.05. The van der Waals surface area contributed by atoms with Crippen LogP contribution >= 0.6 is 23.4 Å². The van der Waals surface area contributed by atoms with Gasteiger partial charge >= 0.3 is 0 Å². The second kappa shape index (κ2) is 7.16. The maximum Gasteiger partial charge on any atom is 0.237 e. The molecule has 0 saturated heterocycles. The highest BCUT2D eigenvalue weighted by atomic mass is 35.5. The van der Waals surface area contributed by atoms with Gasteiger partial charge in [0.2, 0.25) is 5.91 Å². The summed E-state index contributed by atoms with van der Waals surface area (Å²) < 4.78 is 13.0. The van der Waals surface area contributed by atoms with Gasteiger partial charge in [0.05, 0.1) is 16.0 Å². The Bertz CT molecular complexity index is 705. The first-order valence-corrected chi connectivity index (χ1v) is 8.12. The molecule has 0 aliphatic heterocycles. The minimum atomic E-state index is -0.430. The Morgan fingerprint density at radius 1 is 1.18 bits per heavy atom. The van der Waals surface area contributed by atoms with Crippen molar-refractivity contribution in [2.45, 2.75) is 30.9 Å². The van der Waals surface area contributed by atoms with Crippen molar-refractivity contribution < 1.29 is 9.18 Å². The zero-order chi connectivity index (χ0) is 16.3. The van der Waals surface area contributed by atoms with Gasteiger partial charge in [-0.05, 0) is 62.2 Å². The van der Waals surface area contributed by atoms with E-state index in [-0.39, 0.29) is 16.2 Å². The number of hydrogen-bond donors (Lipinski definition) is 1. The molecule has 0 aromatic heterocycles. The molecule has 5 heteroatoms. The number of rotatable bonds is 4. The molecule has 0 radical (unpaired) electrons. The molecule has 0 spiro atoms. The highest BCUT2D eigenvalue weighted by molar-refractivity contribution is 8.00. The first-order valence-electron chi connectivity index (χ1n) is 6.86. The molecule has 0 saturated carbocycles. The van der Waals surface area contributed by atoms with Gasteiger partial charge < -0.3 is 5.32 Å². The topological polar surface area (TPSA) is 29.1 Å². The summed E-state index contributed by atoms with van der Waals surface area (Å²) in [7, 11) is 0. The van der Waals surface area contributed by atoms with E-state index in [1.807, 2.05) is 26.0 Å². The lowest BCUT2D eigenvalue weighted by Crippen LogP contribution is -2.22. The maximum atomic E-state index is 13.0. The normalized spacial score (nSPS) is 12.0. The summed E-state index contributed by atoms with van der Waals surface area (Å²) in [4.78, 5) is 13.3. The van der Waals surface area contributed by atoms with Crippen molar-refractivity contribution in [2.75, 3.05) is 5.32 Å². The first kappa shape index (κ1) is 16.8. The lowest BCUT2D eigenvalue weighted by Gasteiger charge is -2.13. The number of hydrogen-bond acceptors (Lipinski definition) is 2. The number of benzene rings is 2. The van der Waals surface area contributed by atoms with Crippen LogP contribution < -0.4 is 5.32 Å². The number of aryl methyl sites for hydroxylation is 2. The molecule has 2 nitrogen and oxygen atoms in total. The van der Waals surface area contributed by atoms with Crippen LogP contribution in [-0.4, -0.2) is 11.2 Å². The number of amides is 1. The van der Waals surface area contributed by atoms with Gasteiger partial charge in [-0.1, -0.05) is 17.7 Å². The first-order chi connectivity index (χ1) is 10.4. The molecule has 0 heterocycles. The van der Waals surface area contributed by atoms with Crippen LogP contribution in [-0.2, 0) is 4.79 Å². The van der Waals surface area contributed by atoms with Crippen LogP contribution in [0.2, 0.25) is 5.02 Å². The quantitative estimate of drug-likeness (QED) is 0.775. The molecule has 1 atom stereocenters. The van der Waals surface area contributed by atoms with E-state index in [0.29, 0.717) is 5.69 Å². The Hall–Kier alpha value is -1.52. The van der Waals surface area contributed by atoms with E-state index in [4.69, 9.17) is 11.6 Å². The summed E-state index contributed by atoms with van der Waals surface area (Å²) in [5, 5.41) is 2.63. The number of anilines is 1. The fraction of sp³-hybridized carbons (Fsp3) is 0.235. The van der Waals surface area contributed by atoms with Crippen molar-refractivity contribution in [1.29, 1.82) is 0 Å². The Morgan fingerprint density at radius 3 is 2.55 bits per heavy atom.